The molecule has 5 heteroatoms. The zero-order valence-electron chi connectivity index (χ0n) is 12.7. The van der Waals surface area contributed by atoms with Gasteiger partial charge in [0.05, 0.1) is 11.3 Å². The summed E-state index contributed by atoms with van der Waals surface area (Å²) < 4.78 is 2.03. The van der Waals surface area contributed by atoms with Gasteiger partial charge in [0.1, 0.15) is 15.7 Å². The second kappa shape index (κ2) is 6.02. The minimum Gasteiger partial charge on any atom is -0.328 e. The van der Waals surface area contributed by atoms with Crippen LogP contribution in [0, 0.1) is 0 Å². The van der Waals surface area contributed by atoms with Gasteiger partial charge in [-0.2, -0.15) is 0 Å². The molecule has 1 aliphatic rings. The number of imidazole rings is 1. The molecule has 2 heterocycles. The van der Waals surface area contributed by atoms with Gasteiger partial charge in [-0.3, -0.25) is 0 Å². The van der Waals surface area contributed by atoms with Crippen LogP contribution in [0.2, 0.25) is 5.02 Å². The van der Waals surface area contributed by atoms with Crippen molar-refractivity contribution in [3.63, 3.8) is 0 Å². The Morgan fingerprint density at radius 3 is 2.52 bits per heavy atom. The van der Waals surface area contributed by atoms with Gasteiger partial charge in [-0.15, -0.1) is 0 Å². The molecule has 1 fully saturated rings. The van der Waals surface area contributed by atoms with Crippen LogP contribution in [0.4, 0.5) is 0 Å². The zero-order chi connectivity index (χ0) is 15.8. The number of hydrogen-bond acceptors (Lipinski definition) is 3. The van der Waals surface area contributed by atoms with Crippen molar-refractivity contribution in [2.24, 2.45) is 7.05 Å². The van der Waals surface area contributed by atoms with Gasteiger partial charge in [0, 0.05) is 18.8 Å². The molecule has 1 aliphatic carbocycles. The summed E-state index contributed by atoms with van der Waals surface area (Å²) in [4.78, 5) is 8.94. The van der Waals surface area contributed by atoms with E-state index in [0.717, 1.165) is 27.2 Å². The summed E-state index contributed by atoms with van der Waals surface area (Å²) in [5, 5.41) is 2.64. The van der Waals surface area contributed by atoms with Gasteiger partial charge < -0.3 is 4.57 Å². The van der Waals surface area contributed by atoms with Crippen LogP contribution in [-0.2, 0) is 7.05 Å². The molecule has 0 spiro atoms. The highest BCUT2D eigenvalue weighted by molar-refractivity contribution is 7.99. The van der Waals surface area contributed by atoms with E-state index in [1.165, 1.54) is 18.4 Å². The van der Waals surface area contributed by atoms with Crippen LogP contribution in [-0.4, -0.2) is 14.5 Å². The molecule has 0 atom stereocenters. The number of hydrogen-bond donors (Lipinski definition) is 0. The molecule has 1 saturated carbocycles. The van der Waals surface area contributed by atoms with E-state index in [-0.39, 0.29) is 0 Å². The topological polar surface area (TPSA) is 30.7 Å². The maximum atomic E-state index is 5.91. The Labute approximate surface area is 144 Å². The largest absolute Gasteiger partial charge is 0.328 e. The van der Waals surface area contributed by atoms with Crippen molar-refractivity contribution in [1.29, 1.82) is 0 Å². The molecule has 116 valence electrons. The van der Waals surface area contributed by atoms with Crippen molar-refractivity contribution in [3.8, 4) is 11.3 Å². The maximum Gasteiger partial charge on any atom is 0.109 e. The third kappa shape index (κ3) is 3.14. The SMILES string of the molecule is Cn1cnc(-c2ccc(C3CC3)cc2)c1Sc1ccc(Cl)cn1. The predicted octanol–water partition coefficient (Wildman–Crippen LogP) is 5.16. The second-order valence-electron chi connectivity index (χ2n) is 5.82. The first kappa shape index (κ1) is 14.8. The zero-order valence-corrected chi connectivity index (χ0v) is 14.3. The fourth-order valence-electron chi connectivity index (χ4n) is 2.59. The molecule has 0 saturated heterocycles. The Kier molecular flexibility index (Phi) is 3.87. The van der Waals surface area contributed by atoms with Gasteiger partial charge in [0.15, 0.2) is 0 Å². The number of nitrogens with zero attached hydrogens (tertiary/aromatic N) is 3. The molecule has 4 rings (SSSR count). The van der Waals surface area contributed by atoms with E-state index in [2.05, 4.69) is 34.2 Å². The summed E-state index contributed by atoms with van der Waals surface area (Å²) >= 11 is 7.51. The van der Waals surface area contributed by atoms with Crippen LogP contribution >= 0.6 is 23.4 Å². The van der Waals surface area contributed by atoms with Crippen LogP contribution in [0.15, 0.2) is 59.0 Å². The fraction of sp³-hybridized carbons (Fsp3) is 0.222. The van der Waals surface area contributed by atoms with Crippen LogP contribution in [0.1, 0.15) is 24.3 Å². The number of aromatic nitrogens is 3. The van der Waals surface area contributed by atoms with Crippen molar-refractivity contribution < 1.29 is 0 Å². The third-order valence-electron chi connectivity index (χ3n) is 4.02. The number of rotatable bonds is 4. The summed E-state index contributed by atoms with van der Waals surface area (Å²) in [6.07, 6.45) is 6.17. The van der Waals surface area contributed by atoms with E-state index in [9.17, 15) is 0 Å². The summed E-state index contributed by atoms with van der Waals surface area (Å²) in [7, 11) is 2.01. The smallest absolute Gasteiger partial charge is 0.109 e. The lowest BCUT2D eigenvalue weighted by Crippen LogP contribution is -1.90. The molecule has 0 aliphatic heterocycles. The maximum absolute atomic E-state index is 5.91. The molecule has 3 aromatic rings. The van der Waals surface area contributed by atoms with Crippen LogP contribution in [0.5, 0.6) is 0 Å². The monoisotopic (exact) mass is 341 g/mol. The van der Waals surface area contributed by atoms with E-state index in [4.69, 9.17) is 11.6 Å². The average Bonchev–Trinajstić information content (AvgIpc) is 3.36. The standard InChI is InChI=1S/C18H16ClN3S/c1-22-11-21-17(14-6-4-13(5-7-14)12-2-3-12)18(22)23-16-9-8-15(19)10-20-16/h4-12H,2-3H2,1H3. The quantitative estimate of drug-likeness (QED) is 0.656. The van der Waals surface area contributed by atoms with Gasteiger partial charge in [0.2, 0.25) is 0 Å². The average molecular weight is 342 g/mol. The van der Waals surface area contributed by atoms with Crippen molar-refractivity contribution in [2.75, 3.05) is 0 Å². The first-order valence-corrected chi connectivity index (χ1v) is 8.81. The minimum atomic E-state index is 0.648. The highest BCUT2D eigenvalue weighted by Crippen LogP contribution is 2.41. The van der Waals surface area contributed by atoms with Gasteiger partial charge in [-0.25, -0.2) is 9.97 Å². The van der Waals surface area contributed by atoms with Gasteiger partial charge in [-0.05, 0) is 48.2 Å². The highest BCUT2D eigenvalue weighted by Gasteiger charge is 2.23. The summed E-state index contributed by atoms with van der Waals surface area (Å²) in [5.41, 5.74) is 3.58. The third-order valence-corrected chi connectivity index (χ3v) is 5.37. The van der Waals surface area contributed by atoms with Gasteiger partial charge >= 0.3 is 0 Å². The number of pyridine rings is 1. The lowest BCUT2D eigenvalue weighted by Gasteiger charge is -2.06. The molecule has 23 heavy (non-hydrogen) atoms. The first-order valence-electron chi connectivity index (χ1n) is 7.62. The van der Waals surface area contributed by atoms with Gasteiger partial charge in [0.25, 0.3) is 0 Å². The molecule has 0 radical (unpaired) electrons. The van der Waals surface area contributed by atoms with E-state index in [1.54, 1.807) is 18.0 Å². The lowest BCUT2D eigenvalue weighted by molar-refractivity contribution is 0.824. The number of halogens is 1. The Hall–Kier alpha value is -1.78. The van der Waals surface area contributed by atoms with Crippen molar-refractivity contribution >= 4 is 23.4 Å². The molecular weight excluding hydrogens is 326 g/mol. The van der Waals surface area contributed by atoms with Crippen LogP contribution in [0.25, 0.3) is 11.3 Å². The predicted molar refractivity (Wildman–Crippen MR) is 94.0 cm³/mol. The summed E-state index contributed by atoms with van der Waals surface area (Å²) in [6, 6.07) is 12.6. The van der Waals surface area contributed by atoms with Crippen LogP contribution < -0.4 is 0 Å². The minimum absolute atomic E-state index is 0.648. The van der Waals surface area contributed by atoms with Gasteiger partial charge in [-0.1, -0.05) is 35.9 Å². The van der Waals surface area contributed by atoms with E-state index < -0.39 is 0 Å². The Morgan fingerprint density at radius 2 is 1.87 bits per heavy atom. The summed E-state index contributed by atoms with van der Waals surface area (Å²) in [5.74, 6) is 0.778. The van der Waals surface area contributed by atoms with Crippen molar-refractivity contribution in [2.45, 2.75) is 28.8 Å². The lowest BCUT2D eigenvalue weighted by atomic mass is 10.1. The molecule has 2 aromatic heterocycles. The van der Waals surface area contributed by atoms with E-state index >= 15 is 0 Å². The van der Waals surface area contributed by atoms with E-state index in [0.29, 0.717) is 5.02 Å². The Balaban J connectivity index is 1.65. The first-order chi connectivity index (χ1) is 11.2. The molecule has 0 bridgehead atoms. The number of benzene rings is 1. The summed E-state index contributed by atoms with van der Waals surface area (Å²) in [6.45, 7) is 0. The van der Waals surface area contributed by atoms with Crippen molar-refractivity contribution in [3.05, 3.63) is 59.5 Å². The Morgan fingerprint density at radius 1 is 1.09 bits per heavy atom. The Bertz CT molecular complexity index is 820. The van der Waals surface area contributed by atoms with Crippen LogP contribution in [0.3, 0.4) is 0 Å². The second-order valence-corrected chi connectivity index (χ2v) is 7.27. The fourth-order valence-corrected chi connectivity index (χ4v) is 3.60. The molecule has 3 nitrogen and oxygen atoms in total. The van der Waals surface area contributed by atoms with E-state index in [1.807, 2.05) is 30.1 Å². The number of aryl methyl sites for hydroxylation is 1. The molecule has 0 unspecified atom stereocenters. The highest BCUT2D eigenvalue weighted by atomic mass is 35.5. The molecule has 0 N–H and O–H groups in total. The molecular formula is C18H16ClN3S. The molecule has 0 amide bonds. The molecule has 1 aromatic carbocycles. The van der Waals surface area contributed by atoms with Crippen molar-refractivity contribution in [1.82, 2.24) is 14.5 Å². The normalized spacial score (nSPS) is 14.2.